The van der Waals surface area contributed by atoms with Crippen molar-refractivity contribution in [3.63, 3.8) is 0 Å². The molecule has 8 heteroatoms. The maximum atomic E-state index is 5.40. The van der Waals surface area contributed by atoms with Crippen LogP contribution in [0.25, 0.3) is 5.65 Å². The molecule has 3 heterocycles. The summed E-state index contributed by atoms with van der Waals surface area (Å²) in [6.45, 7) is 1.95. The fourth-order valence-electron chi connectivity index (χ4n) is 3.05. The van der Waals surface area contributed by atoms with Gasteiger partial charge in [0.25, 0.3) is 0 Å². The van der Waals surface area contributed by atoms with E-state index in [-0.39, 0.29) is 24.0 Å². The summed E-state index contributed by atoms with van der Waals surface area (Å²) in [5, 5.41) is 15.2. The van der Waals surface area contributed by atoms with Crippen molar-refractivity contribution in [3.05, 3.63) is 90.3 Å². The molecule has 4 aromatic rings. The molecule has 0 bridgehead atoms. The number of benzene rings is 1. The van der Waals surface area contributed by atoms with E-state index < -0.39 is 0 Å². The van der Waals surface area contributed by atoms with Gasteiger partial charge in [0.2, 0.25) is 0 Å². The Bertz CT molecular complexity index is 1050. The van der Waals surface area contributed by atoms with Crippen LogP contribution in [0.3, 0.4) is 0 Å². The van der Waals surface area contributed by atoms with Crippen molar-refractivity contribution in [2.75, 3.05) is 13.1 Å². The van der Waals surface area contributed by atoms with Crippen molar-refractivity contribution in [2.24, 2.45) is 4.99 Å². The van der Waals surface area contributed by atoms with Crippen LogP contribution in [0.2, 0.25) is 0 Å². The molecule has 3 aromatic heterocycles. The van der Waals surface area contributed by atoms with Crippen LogP contribution in [-0.4, -0.2) is 33.6 Å². The zero-order valence-electron chi connectivity index (χ0n) is 16.6. The lowest BCUT2D eigenvalue weighted by atomic mass is 10.1. The molecule has 0 unspecified atom stereocenters. The number of nitrogens with zero attached hydrogens (tertiary/aromatic N) is 4. The summed E-state index contributed by atoms with van der Waals surface area (Å²) in [7, 11) is 0. The highest BCUT2D eigenvalue weighted by molar-refractivity contribution is 14.0. The van der Waals surface area contributed by atoms with E-state index in [0.29, 0.717) is 6.54 Å². The number of aromatic nitrogens is 3. The Morgan fingerprint density at radius 2 is 1.70 bits per heavy atom. The Labute approximate surface area is 192 Å². The molecule has 0 amide bonds. The van der Waals surface area contributed by atoms with Crippen molar-refractivity contribution in [1.82, 2.24) is 25.2 Å². The molecule has 30 heavy (non-hydrogen) atoms. The van der Waals surface area contributed by atoms with Gasteiger partial charge in [0.15, 0.2) is 17.4 Å². The van der Waals surface area contributed by atoms with Gasteiger partial charge in [0.05, 0.1) is 6.26 Å². The summed E-state index contributed by atoms with van der Waals surface area (Å²) < 4.78 is 7.35. The summed E-state index contributed by atoms with van der Waals surface area (Å²) >= 11 is 0. The van der Waals surface area contributed by atoms with E-state index in [4.69, 9.17) is 9.41 Å². The van der Waals surface area contributed by atoms with Crippen LogP contribution in [0.1, 0.15) is 17.1 Å². The predicted octanol–water partition coefficient (Wildman–Crippen LogP) is 3.46. The van der Waals surface area contributed by atoms with Gasteiger partial charge in [-0.3, -0.25) is 4.40 Å². The van der Waals surface area contributed by atoms with Crippen molar-refractivity contribution in [2.45, 2.75) is 19.4 Å². The van der Waals surface area contributed by atoms with Crippen LogP contribution < -0.4 is 10.6 Å². The Morgan fingerprint density at radius 1 is 0.900 bits per heavy atom. The molecule has 7 nitrogen and oxygen atoms in total. The lowest BCUT2D eigenvalue weighted by molar-refractivity contribution is 0.506. The summed E-state index contributed by atoms with van der Waals surface area (Å²) in [5.74, 6) is 2.50. The molecule has 0 aliphatic carbocycles. The third kappa shape index (κ3) is 6.06. The van der Waals surface area contributed by atoms with Crippen molar-refractivity contribution in [1.29, 1.82) is 0 Å². The van der Waals surface area contributed by atoms with Crippen LogP contribution >= 0.6 is 24.0 Å². The SMILES string of the molecule is I.c1ccc(CCNC(=NCc2nnc3ccccn23)NCCc2ccco2)cc1. The van der Waals surface area contributed by atoms with E-state index in [2.05, 4.69) is 45.1 Å². The third-order valence-corrected chi connectivity index (χ3v) is 4.56. The first-order valence-corrected chi connectivity index (χ1v) is 9.75. The highest BCUT2D eigenvalue weighted by Crippen LogP contribution is 2.04. The highest BCUT2D eigenvalue weighted by atomic mass is 127. The first-order valence-electron chi connectivity index (χ1n) is 9.75. The number of pyridine rings is 1. The molecule has 2 N–H and O–H groups in total. The number of rotatable bonds is 8. The van der Waals surface area contributed by atoms with E-state index in [1.165, 1.54) is 5.56 Å². The summed E-state index contributed by atoms with van der Waals surface area (Å²) in [4.78, 5) is 4.71. The van der Waals surface area contributed by atoms with Crippen LogP contribution in [-0.2, 0) is 19.4 Å². The first kappa shape index (κ1) is 21.8. The number of hydrogen-bond acceptors (Lipinski definition) is 4. The molecule has 4 rings (SSSR count). The van der Waals surface area contributed by atoms with E-state index in [9.17, 15) is 0 Å². The maximum Gasteiger partial charge on any atom is 0.191 e. The molecule has 0 aliphatic heterocycles. The zero-order valence-corrected chi connectivity index (χ0v) is 18.9. The van der Waals surface area contributed by atoms with Crippen molar-refractivity contribution < 1.29 is 4.42 Å². The highest BCUT2D eigenvalue weighted by Gasteiger charge is 2.05. The average Bonchev–Trinajstić information content (AvgIpc) is 3.42. The summed E-state index contributed by atoms with van der Waals surface area (Å²) in [6.07, 6.45) is 5.36. The van der Waals surface area contributed by atoms with Gasteiger partial charge in [-0.25, -0.2) is 4.99 Å². The minimum Gasteiger partial charge on any atom is -0.469 e. The van der Waals surface area contributed by atoms with Gasteiger partial charge in [-0.2, -0.15) is 0 Å². The number of nitrogens with one attached hydrogen (secondary N) is 2. The third-order valence-electron chi connectivity index (χ3n) is 4.56. The number of hydrogen-bond donors (Lipinski definition) is 2. The van der Waals surface area contributed by atoms with Crippen LogP contribution in [0.5, 0.6) is 0 Å². The Kier molecular flexibility index (Phi) is 8.25. The average molecular weight is 516 g/mol. The monoisotopic (exact) mass is 516 g/mol. The quantitative estimate of drug-likeness (QED) is 0.213. The number of halogens is 1. The van der Waals surface area contributed by atoms with Crippen molar-refractivity contribution in [3.8, 4) is 0 Å². The maximum absolute atomic E-state index is 5.40. The van der Waals surface area contributed by atoms with Gasteiger partial charge < -0.3 is 15.1 Å². The normalized spacial score (nSPS) is 11.3. The molecule has 1 aromatic carbocycles. The topological polar surface area (TPSA) is 79.8 Å². The zero-order chi connectivity index (χ0) is 19.7. The van der Waals surface area contributed by atoms with Gasteiger partial charge in [0, 0.05) is 25.7 Å². The van der Waals surface area contributed by atoms with Crippen LogP contribution in [0, 0.1) is 0 Å². The molecule has 0 saturated carbocycles. The fourth-order valence-corrected chi connectivity index (χ4v) is 3.05. The van der Waals surface area contributed by atoms with Crippen molar-refractivity contribution >= 4 is 35.6 Å². The minimum absolute atomic E-state index is 0. The number of guanidine groups is 1. The first-order chi connectivity index (χ1) is 14.4. The Morgan fingerprint density at radius 3 is 2.50 bits per heavy atom. The molecule has 156 valence electrons. The van der Waals surface area contributed by atoms with Gasteiger partial charge in [-0.15, -0.1) is 34.2 Å². The molecule has 0 atom stereocenters. The van der Waals surface area contributed by atoms with E-state index >= 15 is 0 Å². The fraction of sp³-hybridized carbons (Fsp3) is 0.227. The standard InChI is InChI=1S/C22H24N6O.HI/c1-2-7-18(8-3-1)11-13-23-22(24-14-12-19-9-6-16-29-19)25-17-21-27-26-20-10-4-5-15-28(20)21;/h1-10,15-16H,11-14,17H2,(H2,23,24,25);1H. The molecule has 0 saturated heterocycles. The predicted molar refractivity (Wildman–Crippen MR) is 128 cm³/mol. The van der Waals surface area contributed by atoms with Gasteiger partial charge in [0.1, 0.15) is 12.3 Å². The molecule has 0 aliphatic rings. The lowest BCUT2D eigenvalue weighted by Gasteiger charge is -2.12. The summed E-state index contributed by atoms with van der Waals surface area (Å²) in [6, 6.07) is 20.1. The number of fused-ring (bicyclic) bond motifs is 1. The van der Waals surface area contributed by atoms with Crippen LogP contribution in [0.4, 0.5) is 0 Å². The second-order valence-electron chi connectivity index (χ2n) is 6.63. The van der Waals surface area contributed by atoms with E-state index in [1.54, 1.807) is 6.26 Å². The molecule has 0 fully saturated rings. The molecule has 0 radical (unpaired) electrons. The van der Waals surface area contributed by atoms with Gasteiger partial charge >= 0.3 is 0 Å². The molecular formula is C22H25IN6O. The largest absolute Gasteiger partial charge is 0.469 e. The second kappa shape index (κ2) is 11.3. The number of aliphatic imine (C=N–C) groups is 1. The second-order valence-corrected chi connectivity index (χ2v) is 6.63. The number of furan rings is 1. The van der Waals surface area contributed by atoms with Crippen LogP contribution in [0.15, 0.2) is 82.5 Å². The summed E-state index contributed by atoms with van der Waals surface area (Å²) in [5.41, 5.74) is 2.11. The van der Waals surface area contributed by atoms with E-state index in [0.717, 1.165) is 49.1 Å². The molecule has 0 spiro atoms. The lowest BCUT2D eigenvalue weighted by Crippen LogP contribution is -2.39. The minimum atomic E-state index is 0. The molecular weight excluding hydrogens is 491 g/mol. The Balaban J connectivity index is 0.00000256. The smallest absolute Gasteiger partial charge is 0.191 e. The van der Waals surface area contributed by atoms with Gasteiger partial charge in [-0.05, 0) is 36.2 Å². The van der Waals surface area contributed by atoms with Gasteiger partial charge in [-0.1, -0.05) is 36.4 Å². The Hall–Kier alpha value is -2.88. The van der Waals surface area contributed by atoms with E-state index in [1.807, 2.05) is 47.0 Å².